The first-order chi connectivity index (χ1) is 19.6. The SMILES string of the molecule is O=C1CCN(c2cc(-c3cccc(-c4cnc5ccc(N6CCCC6c6cccc(F)c6)nn45)n3)ccn2)CC1. The van der Waals surface area contributed by atoms with E-state index in [1.165, 1.54) is 6.07 Å². The molecule has 5 aromatic rings. The molecule has 1 unspecified atom stereocenters. The Morgan fingerprint density at radius 3 is 2.58 bits per heavy atom. The summed E-state index contributed by atoms with van der Waals surface area (Å²) in [6.45, 7) is 2.23. The number of anilines is 2. The number of rotatable bonds is 5. The Bertz CT molecular complexity index is 1710. The van der Waals surface area contributed by atoms with E-state index in [0.29, 0.717) is 31.7 Å². The number of imidazole rings is 1. The van der Waals surface area contributed by atoms with Crippen molar-refractivity contribution in [3.05, 3.63) is 90.5 Å². The maximum Gasteiger partial charge on any atom is 0.154 e. The average molecular weight is 534 g/mol. The van der Waals surface area contributed by atoms with Crippen LogP contribution in [0.1, 0.15) is 37.3 Å². The predicted octanol–water partition coefficient (Wildman–Crippen LogP) is 5.50. The van der Waals surface area contributed by atoms with Gasteiger partial charge in [-0.05, 0) is 66.9 Å². The molecule has 6 heterocycles. The highest BCUT2D eigenvalue weighted by atomic mass is 19.1. The van der Waals surface area contributed by atoms with E-state index in [4.69, 9.17) is 10.1 Å². The van der Waals surface area contributed by atoms with E-state index in [1.807, 2.05) is 53.0 Å². The van der Waals surface area contributed by atoms with Crippen LogP contribution in [0.2, 0.25) is 0 Å². The van der Waals surface area contributed by atoms with Gasteiger partial charge in [-0.15, -0.1) is 5.10 Å². The van der Waals surface area contributed by atoms with Crippen molar-refractivity contribution in [2.24, 2.45) is 0 Å². The summed E-state index contributed by atoms with van der Waals surface area (Å²) in [6.07, 6.45) is 6.68. The minimum atomic E-state index is -0.219. The largest absolute Gasteiger partial charge is 0.356 e. The number of nitrogens with zero attached hydrogens (tertiary/aromatic N) is 7. The molecular weight excluding hydrogens is 505 g/mol. The van der Waals surface area contributed by atoms with Gasteiger partial charge in [0.15, 0.2) is 5.65 Å². The lowest BCUT2D eigenvalue weighted by Crippen LogP contribution is -2.34. The Labute approximate surface area is 231 Å². The Balaban J connectivity index is 1.21. The van der Waals surface area contributed by atoms with Crippen LogP contribution in [0.5, 0.6) is 0 Å². The van der Waals surface area contributed by atoms with Crippen LogP contribution in [0, 0.1) is 5.82 Å². The van der Waals surface area contributed by atoms with Gasteiger partial charge in [0, 0.05) is 44.2 Å². The molecule has 2 aliphatic heterocycles. The van der Waals surface area contributed by atoms with E-state index in [-0.39, 0.29) is 11.9 Å². The standard InChI is InChI=1S/C31H28FN7O/c32-23-5-1-4-22(18-23)27-8-3-15-38(27)30-10-9-29-34-20-28(39(29)36-30)26-7-2-6-25(35-26)21-11-14-33-31(19-21)37-16-12-24(40)13-17-37/h1-2,4-7,9-11,14,18-20,27H,3,8,12-13,15-17H2. The number of Topliss-reactive ketones (excluding diaryl/α,β-unsaturated/α-hetero) is 1. The fraction of sp³-hybridized carbons (Fsp3) is 0.258. The van der Waals surface area contributed by atoms with Crippen LogP contribution >= 0.6 is 0 Å². The molecule has 1 atom stereocenters. The van der Waals surface area contributed by atoms with Crippen LogP contribution in [0.4, 0.5) is 16.0 Å². The first-order valence-corrected chi connectivity index (χ1v) is 13.7. The summed E-state index contributed by atoms with van der Waals surface area (Å²) in [5, 5.41) is 4.98. The van der Waals surface area contributed by atoms with Gasteiger partial charge in [-0.3, -0.25) is 4.79 Å². The van der Waals surface area contributed by atoms with E-state index >= 15 is 0 Å². The van der Waals surface area contributed by atoms with Gasteiger partial charge in [0.1, 0.15) is 28.9 Å². The Morgan fingerprint density at radius 2 is 1.70 bits per heavy atom. The third kappa shape index (κ3) is 4.57. The smallest absolute Gasteiger partial charge is 0.154 e. The quantitative estimate of drug-likeness (QED) is 0.295. The molecule has 0 saturated carbocycles. The van der Waals surface area contributed by atoms with Crippen LogP contribution in [0.3, 0.4) is 0 Å². The van der Waals surface area contributed by atoms with Crippen molar-refractivity contribution in [1.82, 2.24) is 24.6 Å². The van der Waals surface area contributed by atoms with E-state index < -0.39 is 0 Å². The number of carbonyl (C=O) groups is 1. The molecule has 9 heteroatoms. The zero-order chi connectivity index (χ0) is 27.1. The first-order valence-electron chi connectivity index (χ1n) is 13.7. The van der Waals surface area contributed by atoms with E-state index in [9.17, 15) is 9.18 Å². The van der Waals surface area contributed by atoms with Crippen molar-refractivity contribution in [2.75, 3.05) is 29.4 Å². The fourth-order valence-corrected chi connectivity index (χ4v) is 5.77. The van der Waals surface area contributed by atoms with Gasteiger partial charge in [-0.2, -0.15) is 0 Å². The lowest BCUT2D eigenvalue weighted by Gasteiger charge is -2.27. The maximum atomic E-state index is 14.0. The van der Waals surface area contributed by atoms with Gasteiger partial charge in [0.2, 0.25) is 0 Å². The first kappa shape index (κ1) is 24.4. The lowest BCUT2D eigenvalue weighted by molar-refractivity contribution is -0.119. The van der Waals surface area contributed by atoms with Crippen molar-refractivity contribution < 1.29 is 9.18 Å². The van der Waals surface area contributed by atoms with E-state index in [2.05, 4.69) is 19.8 Å². The normalized spacial score (nSPS) is 17.6. The van der Waals surface area contributed by atoms with Gasteiger partial charge in [0.25, 0.3) is 0 Å². The molecule has 0 N–H and O–H groups in total. The monoisotopic (exact) mass is 533 g/mol. The van der Waals surface area contributed by atoms with Gasteiger partial charge >= 0.3 is 0 Å². The molecular formula is C31H28FN7O. The summed E-state index contributed by atoms with van der Waals surface area (Å²) >= 11 is 0. The minimum absolute atomic E-state index is 0.0768. The highest BCUT2D eigenvalue weighted by molar-refractivity contribution is 5.81. The molecule has 7 rings (SSSR count). The molecule has 0 bridgehead atoms. The van der Waals surface area contributed by atoms with Crippen LogP contribution in [0.25, 0.3) is 28.3 Å². The van der Waals surface area contributed by atoms with Crippen LogP contribution in [-0.2, 0) is 4.79 Å². The molecule has 0 radical (unpaired) electrons. The molecule has 40 heavy (non-hydrogen) atoms. The molecule has 0 spiro atoms. The number of hydrogen-bond acceptors (Lipinski definition) is 7. The molecule has 4 aromatic heterocycles. The molecule has 1 aromatic carbocycles. The number of aromatic nitrogens is 5. The molecule has 2 saturated heterocycles. The maximum absolute atomic E-state index is 14.0. The van der Waals surface area contributed by atoms with Crippen LogP contribution < -0.4 is 9.80 Å². The number of ketones is 1. The molecule has 8 nitrogen and oxygen atoms in total. The van der Waals surface area contributed by atoms with Gasteiger partial charge < -0.3 is 9.80 Å². The van der Waals surface area contributed by atoms with Crippen molar-refractivity contribution >= 4 is 23.1 Å². The number of pyridine rings is 2. The second-order valence-corrected chi connectivity index (χ2v) is 10.3. The van der Waals surface area contributed by atoms with E-state index in [1.54, 1.807) is 24.5 Å². The minimum Gasteiger partial charge on any atom is -0.356 e. The highest BCUT2D eigenvalue weighted by Crippen LogP contribution is 2.36. The van der Waals surface area contributed by atoms with Gasteiger partial charge in [0.05, 0.1) is 23.6 Å². The van der Waals surface area contributed by atoms with Crippen LogP contribution in [-0.4, -0.2) is 50.0 Å². The summed E-state index contributed by atoms with van der Waals surface area (Å²) in [5.41, 5.74) is 5.04. The van der Waals surface area contributed by atoms with Crippen molar-refractivity contribution in [3.63, 3.8) is 0 Å². The number of fused-ring (bicyclic) bond motifs is 1. The number of piperidine rings is 1. The molecule has 0 aliphatic carbocycles. The number of benzene rings is 1. The lowest BCUT2D eigenvalue weighted by atomic mass is 10.0. The number of hydrogen-bond donors (Lipinski definition) is 0. The summed E-state index contributed by atoms with van der Waals surface area (Å²) < 4.78 is 15.8. The number of carbonyl (C=O) groups excluding carboxylic acids is 1. The van der Waals surface area contributed by atoms with Gasteiger partial charge in [-0.25, -0.2) is 23.9 Å². The highest BCUT2D eigenvalue weighted by Gasteiger charge is 2.28. The Kier molecular flexibility index (Phi) is 6.18. The zero-order valence-corrected chi connectivity index (χ0v) is 21.9. The van der Waals surface area contributed by atoms with Gasteiger partial charge in [-0.1, -0.05) is 18.2 Å². The van der Waals surface area contributed by atoms with Crippen molar-refractivity contribution in [2.45, 2.75) is 31.7 Å². The molecule has 2 aliphatic rings. The molecule has 2 fully saturated rings. The van der Waals surface area contributed by atoms with Crippen molar-refractivity contribution in [1.29, 1.82) is 0 Å². The molecule has 0 amide bonds. The third-order valence-corrected chi connectivity index (χ3v) is 7.83. The zero-order valence-electron chi connectivity index (χ0n) is 21.9. The van der Waals surface area contributed by atoms with E-state index in [0.717, 1.165) is 64.9 Å². The average Bonchev–Trinajstić information content (AvgIpc) is 3.65. The second-order valence-electron chi connectivity index (χ2n) is 10.3. The summed E-state index contributed by atoms with van der Waals surface area (Å²) in [4.78, 5) is 30.2. The predicted molar refractivity (Wildman–Crippen MR) is 152 cm³/mol. The Morgan fingerprint density at radius 1 is 0.850 bits per heavy atom. The molecule has 200 valence electrons. The van der Waals surface area contributed by atoms with Crippen molar-refractivity contribution in [3.8, 4) is 22.6 Å². The third-order valence-electron chi connectivity index (χ3n) is 7.83. The second kappa shape index (κ2) is 10.1. The summed E-state index contributed by atoms with van der Waals surface area (Å²) in [6, 6.07) is 20.8. The Hall–Kier alpha value is -4.66. The van der Waals surface area contributed by atoms with Crippen LogP contribution in [0.15, 0.2) is 79.1 Å². The number of halogens is 1. The summed E-state index contributed by atoms with van der Waals surface area (Å²) in [7, 11) is 0. The fourth-order valence-electron chi connectivity index (χ4n) is 5.77. The topological polar surface area (TPSA) is 79.5 Å². The summed E-state index contributed by atoms with van der Waals surface area (Å²) in [5.74, 6) is 1.77.